The lowest BCUT2D eigenvalue weighted by Crippen LogP contribution is -2.44. The van der Waals surface area contributed by atoms with Gasteiger partial charge in [0.15, 0.2) is 0 Å². The summed E-state index contributed by atoms with van der Waals surface area (Å²) in [4.78, 5) is 18.8. The van der Waals surface area contributed by atoms with Gasteiger partial charge >= 0.3 is 0 Å². The minimum absolute atomic E-state index is 0.0129. The number of fused-ring (bicyclic) bond motifs is 1. The fourth-order valence-corrected chi connectivity index (χ4v) is 3.21. The summed E-state index contributed by atoms with van der Waals surface area (Å²) in [5, 5.41) is 13.9. The molecule has 128 valence electrons. The van der Waals surface area contributed by atoms with E-state index in [1.165, 1.54) is 0 Å². The summed E-state index contributed by atoms with van der Waals surface area (Å²) in [6, 6.07) is 9.98. The molecule has 1 atom stereocenters. The van der Waals surface area contributed by atoms with E-state index in [1.54, 1.807) is 0 Å². The quantitative estimate of drug-likeness (QED) is 0.853. The van der Waals surface area contributed by atoms with E-state index in [-0.39, 0.29) is 24.0 Å². The lowest BCUT2D eigenvalue weighted by atomic mass is 9.75. The number of aliphatic hydroxyl groups is 1. The number of carbonyl (C=O) groups is 1. The van der Waals surface area contributed by atoms with Crippen LogP contribution >= 0.6 is 0 Å². The Balaban J connectivity index is 1.82. The van der Waals surface area contributed by atoms with E-state index in [2.05, 4.69) is 16.4 Å². The predicted octanol–water partition coefficient (Wildman–Crippen LogP) is 2.11. The maximum Gasteiger partial charge on any atom is 0.234 e. The molecule has 1 aromatic carbocycles. The van der Waals surface area contributed by atoms with E-state index in [4.69, 9.17) is 0 Å². The molecule has 0 spiro atoms. The van der Waals surface area contributed by atoms with Crippen molar-refractivity contribution in [2.45, 2.75) is 31.9 Å². The Morgan fingerprint density at radius 2 is 2.17 bits per heavy atom. The van der Waals surface area contributed by atoms with Gasteiger partial charge in [0, 0.05) is 11.6 Å². The maximum atomic E-state index is 12.3. The summed E-state index contributed by atoms with van der Waals surface area (Å²) < 4.78 is 0. The van der Waals surface area contributed by atoms with Crippen molar-refractivity contribution < 1.29 is 9.90 Å². The van der Waals surface area contributed by atoms with Crippen LogP contribution < -0.4 is 5.32 Å². The van der Waals surface area contributed by atoms with Gasteiger partial charge in [0.1, 0.15) is 0 Å². The van der Waals surface area contributed by atoms with Gasteiger partial charge in [-0.1, -0.05) is 25.1 Å². The monoisotopic (exact) mass is 327 g/mol. The smallest absolute Gasteiger partial charge is 0.234 e. The Morgan fingerprint density at radius 1 is 1.42 bits per heavy atom. The number of hydrogen-bond donors (Lipinski definition) is 2. The second-order valence-corrected chi connectivity index (χ2v) is 6.72. The highest BCUT2D eigenvalue weighted by atomic mass is 16.3. The normalized spacial score (nSPS) is 21.5. The molecule has 0 bridgehead atoms. The highest BCUT2D eigenvalue weighted by Crippen LogP contribution is 2.38. The molecule has 0 saturated heterocycles. The highest BCUT2D eigenvalue weighted by molar-refractivity contribution is 5.80. The molecule has 2 N–H and O–H groups in total. The number of pyridine rings is 1. The van der Waals surface area contributed by atoms with Gasteiger partial charge in [-0.25, -0.2) is 0 Å². The molecule has 0 radical (unpaired) electrons. The molecule has 24 heavy (non-hydrogen) atoms. The van der Waals surface area contributed by atoms with Crippen LogP contribution in [0.4, 0.5) is 0 Å². The number of carbonyl (C=O) groups excluding carboxylic acids is 1. The Morgan fingerprint density at radius 3 is 2.88 bits per heavy atom. The number of hydrogen-bond acceptors (Lipinski definition) is 4. The molecular weight excluding hydrogens is 302 g/mol. The number of benzene rings is 1. The molecular formula is C19H25N3O2. The fraction of sp³-hybridized carbons (Fsp3) is 0.474. The van der Waals surface area contributed by atoms with Gasteiger partial charge in [-0.05, 0) is 50.0 Å². The van der Waals surface area contributed by atoms with Crippen LogP contribution in [-0.2, 0) is 4.79 Å². The van der Waals surface area contributed by atoms with Crippen molar-refractivity contribution in [2.75, 3.05) is 20.1 Å². The summed E-state index contributed by atoms with van der Waals surface area (Å²) in [7, 11) is 1.93. The zero-order valence-electron chi connectivity index (χ0n) is 14.3. The lowest BCUT2D eigenvalue weighted by Gasteiger charge is -2.38. The Labute approximate surface area is 142 Å². The van der Waals surface area contributed by atoms with Gasteiger partial charge < -0.3 is 10.4 Å². The van der Waals surface area contributed by atoms with Crippen molar-refractivity contribution in [3.63, 3.8) is 0 Å². The van der Waals surface area contributed by atoms with Gasteiger partial charge in [0.2, 0.25) is 5.91 Å². The van der Waals surface area contributed by atoms with E-state index >= 15 is 0 Å². The van der Waals surface area contributed by atoms with Crippen molar-refractivity contribution in [1.82, 2.24) is 15.2 Å². The van der Waals surface area contributed by atoms with Gasteiger partial charge in [-0.15, -0.1) is 0 Å². The van der Waals surface area contributed by atoms with E-state index < -0.39 is 0 Å². The average Bonchev–Trinajstić information content (AvgIpc) is 2.56. The van der Waals surface area contributed by atoms with Crippen molar-refractivity contribution in [3.05, 3.63) is 42.1 Å². The Kier molecular flexibility index (Phi) is 5.11. The topological polar surface area (TPSA) is 65.5 Å². The first-order valence-electron chi connectivity index (χ1n) is 8.57. The number of rotatable bonds is 6. The number of amides is 1. The zero-order chi connectivity index (χ0) is 17.1. The molecule has 1 aliphatic carbocycles. The summed E-state index contributed by atoms with van der Waals surface area (Å²) in [5.41, 5.74) is 1.96. The van der Waals surface area contributed by atoms with Gasteiger partial charge in [0.25, 0.3) is 0 Å². The summed E-state index contributed by atoms with van der Waals surface area (Å²) >= 11 is 0. The number of para-hydroxylation sites is 1. The van der Waals surface area contributed by atoms with Crippen LogP contribution in [0.15, 0.2) is 36.5 Å². The van der Waals surface area contributed by atoms with Crippen LogP contribution in [0.1, 0.15) is 31.4 Å². The largest absolute Gasteiger partial charge is 0.393 e. The zero-order valence-corrected chi connectivity index (χ0v) is 14.3. The van der Waals surface area contributed by atoms with E-state index in [1.807, 2.05) is 49.3 Å². The Hall–Kier alpha value is -1.98. The highest BCUT2D eigenvalue weighted by Gasteiger charge is 2.35. The molecule has 1 aromatic heterocycles. The first-order valence-corrected chi connectivity index (χ1v) is 8.57. The van der Waals surface area contributed by atoms with Crippen LogP contribution in [-0.4, -0.2) is 47.1 Å². The van der Waals surface area contributed by atoms with Crippen molar-refractivity contribution in [1.29, 1.82) is 0 Å². The SMILES string of the molecule is CCN(C)CC(=O)NC(c1cnc2ccccc2c1)C1CC(O)C1. The lowest BCUT2D eigenvalue weighted by molar-refractivity contribution is -0.123. The van der Waals surface area contributed by atoms with Crippen LogP contribution in [0.5, 0.6) is 0 Å². The number of aliphatic hydroxyl groups excluding tert-OH is 1. The predicted molar refractivity (Wildman–Crippen MR) is 94.5 cm³/mol. The first kappa shape index (κ1) is 16.9. The van der Waals surface area contributed by atoms with Gasteiger partial charge in [-0.3, -0.25) is 14.7 Å². The molecule has 5 nitrogen and oxygen atoms in total. The summed E-state index contributed by atoms with van der Waals surface area (Å²) in [6.45, 7) is 3.24. The first-order chi connectivity index (χ1) is 11.6. The third kappa shape index (κ3) is 3.74. The standard InChI is InChI=1S/C19H25N3O2/c1-3-22(2)12-18(24)21-19(14-9-16(23)10-14)15-8-13-6-4-5-7-17(13)20-11-15/h4-8,11,14,16,19,23H,3,9-10,12H2,1-2H3,(H,21,24). The number of nitrogens with one attached hydrogen (secondary N) is 1. The van der Waals surface area contributed by atoms with E-state index in [0.29, 0.717) is 6.54 Å². The van der Waals surface area contributed by atoms with Crippen molar-refractivity contribution in [2.24, 2.45) is 5.92 Å². The maximum absolute atomic E-state index is 12.3. The molecule has 3 rings (SSSR count). The fourth-order valence-electron chi connectivity index (χ4n) is 3.21. The Bertz CT molecular complexity index is 713. The molecule has 1 fully saturated rings. The molecule has 0 aliphatic heterocycles. The summed E-state index contributed by atoms with van der Waals surface area (Å²) in [5.74, 6) is 0.276. The number of likely N-dealkylation sites (N-methyl/N-ethyl adjacent to an activating group) is 1. The van der Waals surface area contributed by atoms with Crippen molar-refractivity contribution >= 4 is 16.8 Å². The minimum atomic E-state index is -0.249. The van der Waals surface area contributed by atoms with Crippen LogP contribution in [0.2, 0.25) is 0 Å². The third-order valence-corrected chi connectivity index (χ3v) is 4.86. The number of aromatic nitrogens is 1. The van der Waals surface area contributed by atoms with Crippen molar-refractivity contribution in [3.8, 4) is 0 Å². The van der Waals surface area contributed by atoms with Gasteiger partial charge in [-0.2, -0.15) is 0 Å². The van der Waals surface area contributed by atoms with Crippen LogP contribution in [0, 0.1) is 5.92 Å². The molecule has 1 amide bonds. The van der Waals surface area contributed by atoms with Crippen LogP contribution in [0.3, 0.4) is 0 Å². The molecule has 1 saturated carbocycles. The molecule has 2 aromatic rings. The average molecular weight is 327 g/mol. The molecule has 1 heterocycles. The molecule has 1 aliphatic rings. The summed E-state index contributed by atoms with van der Waals surface area (Å²) in [6.07, 6.45) is 3.05. The van der Waals surface area contributed by atoms with E-state index in [9.17, 15) is 9.90 Å². The number of nitrogens with zero attached hydrogens (tertiary/aromatic N) is 2. The molecule has 1 unspecified atom stereocenters. The second-order valence-electron chi connectivity index (χ2n) is 6.72. The van der Waals surface area contributed by atoms with Crippen LogP contribution in [0.25, 0.3) is 10.9 Å². The third-order valence-electron chi connectivity index (χ3n) is 4.86. The second kappa shape index (κ2) is 7.28. The minimum Gasteiger partial charge on any atom is -0.393 e. The van der Waals surface area contributed by atoms with E-state index in [0.717, 1.165) is 35.9 Å². The molecule has 5 heteroatoms. The van der Waals surface area contributed by atoms with Gasteiger partial charge in [0.05, 0.1) is 24.2 Å².